The van der Waals surface area contributed by atoms with Gasteiger partial charge in [0.05, 0.1) is 12.1 Å². The summed E-state index contributed by atoms with van der Waals surface area (Å²) in [5.74, 6) is 2.37. The van der Waals surface area contributed by atoms with Crippen molar-refractivity contribution in [3.05, 3.63) is 17.0 Å². The van der Waals surface area contributed by atoms with Gasteiger partial charge in [0.15, 0.2) is 0 Å². The van der Waals surface area contributed by atoms with Gasteiger partial charge in [0.25, 0.3) is 0 Å². The van der Waals surface area contributed by atoms with Crippen LogP contribution in [0.2, 0.25) is 0 Å². The fraction of sp³-hybridized carbons (Fsp3) is 0.789. The van der Waals surface area contributed by atoms with Crippen LogP contribution in [0, 0.1) is 11.8 Å². The van der Waals surface area contributed by atoms with Crippen molar-refractivity contribution in [3.63, 3.8) is 0 Å². The van der Waals surface area contributed by atoms with E-state index in [9.17, 15) is 9.90 Å². The minimum Gasteiger partial charge on any atom is -0.481 e. The van der Waals surface area contributed by atoms with E-state index in [0.717, 1.165) is 49.0 Å². The number of hydrogen-bond acceptors (Lipinski definition) is 4. The average molecular weight is 335 g/mol. The molecule has 3 rings (SSSR count). The van der Waals surface area contributed by atoms with Crippen LogP contribution in [0.3, 0.4) is 0 Å². The molecule has 0 amide bonds. The third-order valence-electron chi connectivity index (χ3n) is 5.47. The van der Waals surface area contributed by atoms with Gasteiger partial charge in [-0.25, -0.2) is 0 Å². The molecular formula is C19H29NO4. The van der Waals surface area contributed by atoms with Gasteiger partial charge in [-0.1, -0.05) is 19.0 Å². The van der Waals surface area contributed by atoms with E-state index >= 15 is 0 Å². The van der Waals surface area contributed by atoms with Gasteiger partial charge >= 0.3 is 5.97 Å². The summed E-state index contributed by atoms with van der Waals surface area (Å²) in [4.78, 5) is 11.2. The number of aliphatic carboxylic acids is 1. The molecule has 1 aromatic rings. The predicted molar refractivity (Wildman–Crippen MR) is 90.1 cm³/mol. The number of carbonyl (C=O) groups is 1. The van der Waals surface area contributed by atoms with Gasteiger partial charge in [-0.05, 0) is 56.3 Å². The summed E-state index contributed by atoms with van der Waals surface area (Å²) >= 11 is 0. The highest BCUT2D eigenvalue weighted by Crippen LogP contribution is 2.52. The molecule has 0 saturated heterocycles. The van der Waals surface area contributed by atoms with Crippen LogP contribution in [0.5, 0.6) is 0 Å². The monoisotopic (exact) mass is 335 g/mol. The highest BCUT2D eigenvalue weighted by Gasteiger charge is 2.41. The number of aliphatic hydroxyl groups excluding tert-OH is 1. The largest absolute Gasteiger partial charge is 0.481 e. The number of aliphatic hydroxyl groups is 1. The molecule has 0 unspecified atom stereocenters. The van der Waals surface area contributed by atoms with Crippen molar-refractivity contribution in [2.24, 2.45) is 11.8 Å². The van der Waals surface area contributed by atoms with Crippen molar-refractivity contribution in [1.29, 1.82) is 0 Å². The Hall–Kier alpha value is -1.36. The number of carboxylic acid groups (broad SMARTS) is 1. The van der Waals surface area contributed by atoms with E-state index in [1.54, 1.807) is 0 Å². The van der Waals surface area contributed by atoms with Crippen molar-refractivity contribution in [2.45, 2.75) is 76.5 Å². The Morgan fingerprint density at radius 3 is 2.54 bits per heavy atom. The van der Waals surface area contributed by atoms with Gasteiger partial charge in [0.1, 0.15) is 5.76 Å². The van der Waals surface area contributed by atoms with Gasteiger partial charge in [0.2, 0.25) is 0 Å². The lowest BCUT2D eigenvalue weighted by atomic mass is 9.69. The number of carboxylic acids is 1. The Labute approximate surface area is 143 Å². The number of nitrogens with zero attached hydrogens (tertiary/aromatic N) is 1. The predicted octanol–water partition coefficient (Wildman–Crippen LogP) is 4.03. The molecule has 24 heavy (non-hydrogen) atoms. The van der Waals surface area contributed by atoms with E-state index in [1.165, 1.54) is 12.0 Å². The maximum Gasteiger partial charge on any atom is 0.304 e. The van der Waals surface area contributed by atoms with Crippen LogP contribution in [0.25, 0.3) is 0 Å². The fourth-order valence-electron chi connectivity index (χ4n) is 4.21. The fourth-order valence-corrected chi connectivity index (χ4v) is 4.21. The zero-order valence-electron chi connectivity index (χ0n) is 14.7. The lowest BCUT2D eigenvalue weighted by Gasteiger charge is -2.35. The lowest BCUT2D eigenvalue weighted by Crippen LogP contribution is -2.23. The summed E-state index contributed by atoms with van der Waals surface area (Å²) in [5, 5.41) is 22.8. The van der Waals surface area contributed by atoms with Crippen molar-refractivity contribution >= 4 is 5.97 Å². The first-order valence-electron chi connectivity index (χ1n) is 9.31. The molecule has 2 aliphatic rings. The quantitative estimate of drug-likeness (QED) is 0.712. The topological polar surface area (TPSA) is 83.6 Å². The summed E-state index contributed by atoms with van der Waals surface area (Å²) in [6.07, 6.45) is 6.31. The summed E-state index contributed by atoms with van der Waals surface area (Å²) in [7, 11) is 0. The van der Waals surface area contributed by atoms with E-state index in [4.69, 9.17) is 9.63 Å². The van der Waals surface area contributed by atoms with Gasteiger partial charge < -0.3 is 14.7 Å². The van der Waals surface area contributed by atoms with Gasteiger partial charge in [-0.2, -0.15) is 0 Å². The molecular weight excluding hydrogens is 306 g/mol. The number of aromatic nitrogens is 1. The van der Waals surface area contributed by atoms with Crippen LogP contribution in [-0.2, 0) is 4.79 Å². The van der Waals surface area contributed by atoms with E-state index in [2.05, 4.69) is 19.0 Å². The zero-order chi connectivity index (χ0) is 17.3. The molecule has 134 valence electrons. The molecule has 0 spiro atoms. The molecule has 0 radical (unpaired) electrons. The van der Waals surface area contributed by atoms with Crippen LogP contribution >= 0.6 is 0 Å². The molecule has 5 nitrogen and oxygen atoms in total. The SMILES string of the molecule is CC(C)C[C@H]1C[C@@H](c2onc([C@H](CCO)CC(=O)O)c2C2CC2)C1. The van der Waals surface area contributed by atoms with Crippen LogP contribution in [-0.4, -0.2) is 27.9 Å². The highest BCUT2D eigenvalue weighted by molar-refractivity contribution is 5.68. The first-order chi connectivity index (χ1) is 11.5. The van der Waals surface area contributed by atoms with E-state index < -0.39 is 5.97 Å². The molecule has 1 atom stereocenters. The summed E-state index contributed by atoms with van der Waals surface area (Å²) in [5.41, 5.74) is 1.99. The second kappa shape index (κ2) is 7.26. The molecule has 0 bridgehead atoms. The third-order valence-corrected chi connectivity index (χ3v) is 5.47. The first kappa shape index (κ1) is 17.5. The Morgan fingerprint density at radius 2 is 2.00 bits per heavy atom. The van der Waals surface area contributed by atoms with Crippen molar-refractivity contribution in [1.82, 2.24) is 5.16 Å². The maximum atomic E-state index is 11.2. The highest BCUT2D eigenvalue weighted by atomic mass is 16.5. The minimum atomic E-state index is -0.847. The average Bonchev–Trinajstić information content (AvgIpc) is 3.21. The lowest BCUT2D eigenvalue weighted by molar-refractivity contribution is -0.137. The molecule has 0 aliphatic heterocycles. The molecule has 2 saturated carbocycles. The summed E-state index contributed by atoms with van der Waals surface area (Å²) in [6, 6.07) is 0. The molecule has 1 aromatic heterocycles. The second-order valence-corrected chi connectivity index (χ2v) is 8.09. The third kappa shape index (κ3) is 3.82. The zero-order valence-corrected chi connectivity index (χ0v) is 14.7. The Bertz CT molecular complexity index is 570. The molecule has 0 aromatic carbocycles. The summed E-state index contributed by atoms with van der Waals surface area (Å²) < 4.78 is 5.74. The van der Waals surface area contributed by atoms with E-state index in [-0.39, 0.29) is 18.9 Å². The first-order valence-corrected chi connectivity index (χ1v) is 9.31. The van der Waals surface area contributed by atoms with Gasteiger partial charge in [0, 0.05) is 24.0 Å². The van der Waals surface area contributed by atoms with Crippen molar-refractivity contribution in [2.75, 3.05) is 6.61 Å². The molecule has 2 N–H and O–H groups in total. The van der Waals surface area contributed by atoms with Crippen LogP contribution in [0.15, 0.2) is 4.52 Å². The second-order valence-electron chi connectivity index (χ2n) is 8.09. The number of hydrogen-bond donors (Lipinski definition) is 2. The van der Waals surface area contributed by atoms with E-state index in [1.807, 2.05) is 0 Å². The normalized spacial score (nSPS) is 24.8. The van der Waals surface area contributed by atoms with Crippen molar-refractivity contribution < 1.29 is 19.5 Å². The molecule has 1 heterocycles. The maximum absolute atomic E-state index is 11.2. The van der Waals surface area contributed by atoms with Crippen LogP contribution < -0.4 is 0 Å². The van der Waals surface area contributed by atoms with Gasteiger partial charge in [-0.3, -0.25) is 4.79 Å². The Morgan fingerprint density at radius 1 is 1.29 bits per heavy atom. The number of rotatable bonds is 9. The molecule has 2 aliphatic carbocycles. The van der Waals surface area contributed by atoms with Gasteiger partial charge in [-0.15, -0.1) is 0 Å². The summed E-state index contributed by atoms with van der Waals surface area (Å²) in [6.45, 7) is 4.51. The van der Waals surface area contributed by atoms with Crippen LogP contribution in [0.4, 0.5) is 0 Å². The smallest absolute Gasteiger partial charge is 0.304 e. The van der Waals surface area contributed by atoms with Crippen molar-refractivity contribution in [3.8, 4) is 0 Å². The Balaban J connectivity index is 1.77. The standard InChI is InChI=1S/C19H29NO4/c1-11(2)7-12-8-15(9-12)19-17(13-3-4-13)18(20-24-19)14(5-6-21)10-16(22)23/h11-15,21H,3-10H2,1-2H3,(H,22,23)/t12-,14-,15+/m1/s1. The van der Waals surface area contributed by atoms with Crippen LogP contribution in [0.1, 0.15) is 93.6 Å². The van der Waals surface area contributed by atoms with E-state index in [0.29, 0.717) is 18.3 Å². The molecule has 2 fully saturated rings. The minimum absolute atomic E-state index is 0.00684. The molecule has 5 heteroatoms. The Kier molecular flexibility index (Phi) is 5.28.